The van der Waals surface area contributed by atoms with E-state index in [4.69, 9.17) is 0 Å². The van der Waals surface area contributed by atoms with Gasteiger partial charge in [-0.3, -0.25) is 4.57 Å². The van der Waals surface area contributed by atoms with Gasteiger partial charge in [0, 0.05) is 11.1 Å². The van der Waals surface area contributed by atoms with Crippen molar-refractivity contribution < 1.29 is 23.1 Å². The lowest BCUT2D eigenvalue weighted by Gasteiger charge is -2.10. The van der Waals surface area contributed by atoms with Crippen LogP contribution in [0, 0.1) is 6.92 Å². The second-order valence-electron chi connectivity index (χ2n) is 5.80. The number of thiazole rings is 1. The van der Waals surface area contributed by atoms with Crippen LogP contribution < -0.4 is 0 Å². The van der Waals surface area contributed by atoms with Crippen LogP contribution in [0.15, 0.2) is 42.5 Å². The number of hydrogen-bond acceptors (Lipinski definition) is 3. The second kappa shape index (κ2) is 5.57. The van der Waals surface area contributed by atoms with E-state index in [-0.39, 0.29) is 5.56 Å². The molecule has 0 bridgehead atoms. The molecule has 26 heavy (non-hydrogen) atoms. The van der Waals surface area contributed by atoms with Crippen molar-refractivity contribution in [3.05, 3.63) is 58.6 Å². The van der Waals surface area contributed by atoms with Crippen LogP contribution in [0.4, 0.5) is 13.2 Å². The molecule has 2 aromatic carbocycles. The molecular formula is C18H11F3N2O2S. The van der Waals surface area contributed by atoms with Crippen molar-refractivity contribution in [1.29, 1.82) is 0 Å². The van der Waals surface area contributed by atoms with Gasteiger partial charge in [-0.1, -0.05) is 0 Å². The van der Waals surface area contributed by atoms with Crippen molar-refractivity contribution in [3.8, 4) is 5.69 Å². The zero-order valence-electron chi connectivity index (χ0n) is 13.3. The number of rotatable bonds is 2. The Hall–Kier alpha value is -2.87. The van der Waals surface area contributed by atoms with Gasteiger partial charge in [-0.2, -0.15) is 13.2 Å². The van der Waals surface area contributed by atoms with Gasteiger partial charge in [-0.05, 0) is 49.4 Å². The predicted octanol–water partition coefficient (Wildman–Crippen LogP) is 5.27. The highest BCUT2D eigenvalue weighted by Crippen LogP contribution is 2.37. The molecule has 0 amide bonds. The summed E-state index contributed by atoms with van der Waals surface area (Å²) < 4.78 is 41.0. The minimum absolute atomic E-state index is 0.148. The maximum absolute atomic E-state index is 12.8. The zero-order valence-corrected chi connectivity index (χ0v) is 14.1. The molecule has 8 heteroatoms. The number of aromatic nitrogens is 2. The van der Waals surface area contributed by atoms with E-state index in [1.807, 2.05) is 6.92 Å². The van der Waals surface area contributed by atoms with Crippen molar-refractivity contribution in [1.82, 2.24) is 9.55 Å². The predicted molar refractivity (Wildman–Crippen MR) is 93.2 cm³/mol. The Morgan fingerprint density at radius 2 is 1.85 bits per heavy atom. The van der Waals surface area contributed by atoms with Gasteiger partial charge in [-0.25, -0.2) is 9.78 Å². The molecule has 4 rings (SSSR count). The summed E-state index contributed by atoms with van der Waals surface area (Å²) in [4.78, 5) is 15.8. The van der Waals surface area contributed by atoms with E-state index in [0.29, 0.717) is 22.2 Å². The summed E-state index contributed by atoms with van der Waals surface area (Å²) in [7, 11) is 0. The molecule has 0 fully saturated rings. The lowest BCUT2D eigenvalue weighted by Crippen LogP contribution is -2.05. The number of nitrogens with zero attached hydrogens (tertiary/aromatic N) is 2. The molecule has 0 spiro atoms. The third-order valence-corrected chi connectivity index (χ3v) is 5.10. The molecule has 0 unspecified atom stereocenters. The molecule has 2 heterocycles. The highest BCUT2D eigenvalue weighted by atomic mass is 32.1. The van der Waals surface area contributed by atoms with Crippen LogP contribution in [0.25, 0.3) is 26.9 Å². The third kappa shape index (κ3) is 2.53. The first kappa shape index (κ1) is 16.6. The Labute approximate surface area is 149 Å². The van der Waals surface area contributed by atoms with Gasteiger partial charge in [0.1, 0.15) is 0 Å². The van der Waals surface area contributed by atoms with Crippen molar-refractivity contribution in [2.24, 2.45) is 0 Å². The normalized spacial score (nSPS) is 12.2. The van der Waals surface area contributed by atoms with Crippen molar-refractivity contribution in [2.75, 3.05) is 0 Å². The van der Waals surface area contributed by atoms with E-state index in [9.17, 15) is 23.1 Å². The van der Waals surface area contributed by atoms with Crippen LogP contribution in [0.3, 0.4) is 0 Å². The molecule has 0 saturated heterocycles. The first-order valence-corrected chi connectivity index (χ1v) is 8.40. The summed E-state index contributed by atoms with van der Waals surface area (Å²) in [5.41, 5.74) is 1.26. The number of halogens is 3. The van der Waals surface area contributed by atoms with E-state index in [2.05, 4.69) is 4.98 Å². The number of benzene rings is 2. The molecule has 0 aliphatic rings. The number of aromatic carboxylic acids is 1. The van der Waals surface area contributed by atoms with Gasteiger partial charge in [0.05, 0.1) is 26.4 Å². The van der Waals surface area contributed by atoms with Crippen LogP contribution in [0.1, 0.15) is 20.9 Å². The van der Waals surface area contributed by atoms with Gasteiger partial charge in [-0.15, -0.1) is 11.3 Å². The minimum Gasteiger partial charge on any atom is -0.478 e. The van der Waals surface area contributed by atoms with Crippen LogP contribution in [0.2, 0.25) is 0 Å². The Morgan fingerprint density at radius 1 is 1.15 bits per heavy atom. The number of aryl methyl sites for hydroxylation is 1. The van der Waals surface area contributed by atoms with E-state index in [1.165, 1.54) is 29.5 Å². The Bertz CT molecular complexity index is 1160. The van der Waals surface area contributed by atoms with Crippen molar-refractivity contribution in [3.63, 3.8) is 0 Å². The van der Waals surface area contributed by atoms with Crippen molar-refractivity contribution in [2.45, 2.75) is 13.1 Å². The topological polar surface area (TPSA) is 55.1 Å². The van der Waals surface area contributed by atoms with Crippen LogP contribution >= 0.6 is 11.3 Å². The standard InChI is InChI=1S/C18H11F3N2O2S/c1-9-22-16-15(26-9)13-8-10(17(24)25)2-7-14(13)23(16)12-5-3-11(4-6-12)18(19,20)21/h2-8H,1H3,(H,24,25). The largest absolute Gasteiger partial charge is 0.478 e. The molecule has 0 atom stereocenters. The first-order valence-electron chi connectivity index (χ1n) is 7.58. The summed E-state index contributed by atoms with van der Waals surface area (Å²) in [6.45, 7) is 1.83. The molecule has 132 valence electrons. The van der Waals surface area contributed by atoms with Gasteiger partial charge >= 0.3 is 12.1 Å². The van der Waals surface area contributed by atoms with Gasteiger partial charge in [0.15, 0.2) is 5.65 Å². The zero-order chi connectivity index (χ0) is 18.6. The summed E-state index contributed by atoms with van der Waals surface area (Å²) in [5, 5.41) is 10.7. The van der Waals surface area contributed by atoms with E-state index < -0.39 is 17.7 Å². The van der Waals surface area contributed by atoms with E-state index >= 15 is 0 Å². The Kier molecular flexibility index (Phi) is 3.55. The van der Waals surface area contributed by atoms with Gasteiger partial charge < -0.3 is 5.11 Å². The summed E-state index contributed by atoms with van der Waals surface area (Å²) >= 11 is 1.42. The number of fused-ring (bicyclic) bond motifs is 3. The Balaban J connectivity index is 2.00. The number of alkyl halides is 3. The maximum Gasteiger partial charge on any atom is 0.416 e. The molecule has 1 N–H and O–H groups in total. The highest BCUT2D eigenvalue weighted by molar-refractivity contribution is 7.19. The van der Waals surface area contributed by atoms with Crippen LogP contribution in [-0.4, -0.2) is 20.6 Å². The molecule has 4 aromatic rings. The first-order chi connectivity index (χ1) is 12.3. The SMILES string of the molecule is Cc1nc2c(s1)c1cc(C(=O)O)ccc1n2-c1ccc(C(F)(F)F)cc1. The lowest BCUT2D eigenvalue weighted by atomic mass is 10.1. The smallest absolute Gasteiger partial charge is 0.416 e. The molecule has 2 aromatic heterocycles. The minimum atomic E-state index is -4.40. The monoisotopic (exact) mass is 376 g/mol. The van der Waals surface area contributed by atoms with Crippen molar-refractivity contribution >= 4 is 38.6 Å². The van der Waals surface area contributed by atoms with Crippen LogP contribution in [-0.2, 0) is 6.18 Å². The summed E-state index contributed by atoms with van der Waals surface area (Å²) in [5.74, 6) is -1.04. The highest BCUT2D eigenvalue weighted by Gasteiger charge is 2.30. The molecule has 0 radical (unpaired) electrons. The average molecular weight is 376 g/mol. The molecule has 0 saturated carbocycles. The molecule has 0 aliphatic carbocycles. The summed E-state index contributed by atoms with van der Waals surface area (Å²) in [6.07, 6.45) is -4.40. The fraction of sp³-hybridized carbons (Fsp3) is 0.111. The number of hydrogen-bond donors (Lipinski definition) is 1. The van der Waals surface area contributed by atoms with E-state index in [1.54, 1.807) is 16.7 Å². The number of carbonyl (C=O) groups is 1. The summed E-state index contributed by atoms with van der Waals surface area (Å²) in [6, 6.07) is 9.53. The third-order valence-electron chi connectivity index (χ3n) is 4.11. The number of carboxylic acid groups (broad SMARTS) is 1. The molecule has 4 nitrogen and oxygen atoms in total. The van der Waals surface area contributed by atoms with Gasteiger partial charge in [0.2, 0.25) is 0 Å². The molecular weight excluding hydrogens is 365 g/mol. The fourth-order valence-corrected chi connectivity index (χ4v) is 3.89. The molecule has 0 aliphatic heterocycles. The second-order valence-corrected chi connectivity index (χ2v) is 7.01. The maximum atomic E-state index is 12.8. The average Bonchev–Trinajstić information content (AvgIpc) is 3.08. The quantitative estimate of drug-likeness (QED) is 0.519. The number of carboxylic acids is 1. The van der Waals surface area contributed by atoms with Crippen LogP contribution in [0.5, 0.6) is 0 Å². The lowest BCUT2D eigenvalue weighted by molar-refractivity contribution is -0.137. The Morgan fingerprint density at radius 3 is 2.46 bits per heavy atom. The van der Waals surface area contributed by atoms with Gasteiger partial charge in [0.25, 0.3) is 0 Å². The van der Waals surface area contributed by atoms with E-state index in [0.717, 1.165) is 21.8 Å². The fourth-order valence-electron chi connectivity index (χ4n) is 2.96.